The second kappa shape index (κ2) is 6.07. The number of carbonyl (C=O) groups excluding carboxylic acids is 1. The molecule has 6 nitrogen and oxygen atoms in total. The molecule has 2 aromatic rings. The molecule has 128 valence electrons. The van der Waals surface area contributed by atoms with Gasteiger partial charge in [-0.1, -0.05) is 12.1 Å². The number of benzene rings is 1. The molecule has 1 amide bonds. The lowest BCUT2D eigenvalue weighted by Gasteiger charge is -2.25. The SMILES string of the molecule is CC(c1ccc(S(N)(=O)=O)cc1)N(C)C(=O)C1CC1c1ccco1. The van der Waals surface area contributed by atoms with Crippen molar-refractivity contribution >= 4 is 15.9 Å². The number of hydrogen-bond acceptors (Lipinski definition) is 4. The molecule has 1 fully saturated rings. The molecule has 1 aromatic carbocycles. The molecule has 0 aliphatic heterocycles. The van der Waals surface area contributed by atoms with Gasteiger partial charge in [0.25, 0.3) is 0 Å². The van der Waals surface area contributed by atoms with Gasteiger partial charge in [0.1, 0.15) is 5.76 Å². The molecule has 1 heterocycles. The van der Waals surface area contributed by atoms with Gasteiger partial charge < -0.3 is 9.32 Å². The fourth-order valence-corrected chi connectivity index (χ4v) is 3.41. The van der Waals surface area contributed by atoms with E-state index in [0.717, 1.165) is 17.7 Å². The van der Waals surface area contributed by atoms with Crippen molar-refractivity contribution in [1.29, 1.82) is 0 Å². The van der Waals surface area contributed by atoms with E-state index in [-0.39, 0.29) is 28.7 Å². The van der Waals surface area contributed by atoms with Crippen LogP contribution in [-0.2, 0) is 14.8 Å². The minimum absolute atomic E-state index is 0.0488. The van der Waals surface area contributed by atoms with Crippen molar-refractivity contribution in [2.45, 2.75) is 30.2 Å². The Morgan fingerprint density at radius 2 is 1.96 bits per heavy atom. The van der Waals surface area contributed by atoms with Crippen LogP contribution >= 0.6 is 0 Å². The summed E-state index contributed by atoms with van der Waals surface area (Å²) in [6, 6.07) is 9.85. The van der Waals surface area contributed by atoms with Crippen molar-refractivity contribution in [2.75, 3.05) is 7.05 Å². The Bertz CT molecular complexity index is 828. The molecule has 3 rings (SSSR count). The molecule has 1 aromatic heterocycles. The maximum atomic E-state index is 12.6. The highest BCUT2D eigenvalue weighted by atomic mass is 32.2. The van der Waals surface area contributed by atoms with Crippen molar-refractivity contribution in [3.05, 3.63) is 54.0 Å². The maximum Gasteiger partial charge on any atom is 0.238 e. The van der Waals surface area contributed by atoms with Crippen molar-refractivity contribution in [1.82, 2.24) is 4.90 Å². The number of hydrogen-bond donors (Lipinski definition) is 1. The van der Waals surface area contributed by atoms with E-state index >= 15 is 0 Å². The fourth-order valence-electron chi connectivity index (χ4n) is 2.90. The Morgan fingerprint density at radius 1 is 1.29 bits per heavy atom. The fraction of sp³-hybridized carbons (Fsp3) is 0.353. The minimum Gasteiger partial charge on any atom is -0.469 e. The standard InChI is InChI=1S/C17H20N2O4S/c1-11(12-5-7-13(8-6-12)24(18,21)22)19(2)17(20)15-10-14(15)16-4-3-9-23-16/h3-9,11,14-15H,10H2,1-2H3,(H2,18,21,22). The second-order valence-corrected chi connectivity index (χ2v) is 7.76. The Kier molecular flexibility index (Phi) is 4.23. The predicted molar refractivity (Wildman–Crippen MR) is 88.6 cm³/mol. The summed E-state index contributed by atoms with van der Waals surface area (Å²) >= 11 is 0. The first kappa shape index (κ1) is 16.7. The van der Waals surface area contributed by atoms with Crippen LogP contribution in [0.25, 0.3) is 0 Å². The van der Waals surface area contributed by atoms with Gasteiger partial charge in [0.15, 0.2) is 0 Å². The summed E-state index contributed by atoms with van der Waals surface area (Å²) in [5.41, 5.74) is 0.855. The molecule has 1 saturated carbocycles. The van der Waals surface area contributed by atoms with E-state index in [0.29, 0.717) is 0 Å². The molecule has 0 radical (unpaired) electrons. The summed E-state index contributed by atoms with van der Waals surface area (Å²) in [5, 5.41) is 5.10. The Balaban J connectivity index is 1.68. The Labute approximate surface area is 141 Å². The minimum atomic E-state index is -3.71. The normalized spacial score (nSPS) is 21.3. The average Bonchev–Trinajstić information content (AvgIpc) is 3.17. The van der Waals surface area contributed by atoms with Crippen molar-refractivity contribution in [2.24, 2.45) is 11.1 Å². The zero-order valence-corrected chi connectivity index (χ0v) is 14.4. The molecule has 7 heteroatoms. The first-order chi connectivity index (χ1) is 11.3. The van der Waals surface area contributed by atoms with Crippen LogP contribution in [0.3, 0.4) is 0 Å². The highest BCUT2D eigenvalue weighted by Crippen LogP contribution is 2.49. The molecule has 0 bridgehead atoms. The van der Waals surface area contributed by atoms with Crippen molar-refractivity contribution in [3.8, 4) is 0 Å². The lowest BCUT2D eigenvalue weighted by Crippen LogP contribution is -2.31. The summed E-state index contributed by atoms with van der Waals surface area (Å²) in [4.78, 5) is 14.4. The third-order valence-electron chi connectivity index (χ3n) is 4.64. The third kappa shape index (κ3) is 3.22. The first-order valence-electron chi connectivity index (χ1n) is 7.72. The quantitative estimate of drug-likeness (QED) is 0.897. The van der Waals surface area contributed by atoms with Crippen molar-refractivity contribution < 1.29 is 17.6 Å². The number of carbonyl (C=O) groups is 1. The summed E-state index contributed by atoms with van der Waals surface area (Å²) in [6.45, 7) is 1.91. The molecule has 1 aliphatic rings. The number of furan rings is 1. The van der Waals surface area contributed by atoms with Gasteiger partial charge in [-0.05, 0) is 43.2 Å². The molecule has 24 heavy (non-hydrogen) atoms. The van der Waals surface area contributed by atoms with Crippen LogP contribution in [0.2, 0.25) is 0 Å². The molecule has 0 spiro atoms. The molecule has 0 saturated heterocycles. The zero-order chi connectivity index (χ0) is 17.5. The summed E-state index contributed by atoms with van der Waals surface area (Å²) in [6.07, 6.45) is 2.42. The number of sulfonamides is 1. The molecule has 3 atom stereocenters. The Hall–Kier alpha value is -2.12. The van der Waals surface area contributed by atoms with Gasteiger partial charge in [0.05, 0.1) is 17.2 Å². The second-order valence-electron chi connectivity index (χ2n) is 6.20. The number of primary sulfonamides is 1. The van der Waals surface area contributed by atoms with Crippen molar-refractivity contribution in [3.63, 3.8) is 0 Å². The van der Waals surface area contributed by atoms with E-state index in [1.807, 2.05) is 19.1 Å². The van der Waals surface area contributed by atoms with E-state index in [2.05, 4.69) is 0 Å². The number of amides is 1. The topological polar surface area (TPSA) is 93.6 Å². The monoisotopic (exact) mass is 348 g/mol. The predicted octanol–water partition coefficient (Wildman–Crippen LogP) is 2.25. The van der Waals surface area contributed by atoms with Gasteiger partial charge >= 0.3 is 0 Å². The van der Waals surface area contributed by atoms with Gasteiger partial charge in [0, 0.05) is 18.9 Å². The van der Waals surface area contributed by atoms with Gasteiger partial charge in [-0.3, -0.25) is 4.79 Å². The smallest absolute Gasteiger partial charge is 0.238 e. The molecule has 1 aliphatic carbocycles. The molecular formula is C17H20N2O4S. The molecule has 3 unspecified atom stereocenters. The van der Waals surface area contributed by atoms with Crippen LogP contribution in [-0.4, -0.2) is 26.3 Å². The largest absolute Gasteiger partial charge is 0.469 e. The zero-order valence-electron chi connectivity index (χ0n) is 13.5. The van der Waals surface area contributed by atoms with E-state index in [4.69, 9.17) is 9.56 Å². The van der Waals surface area contributed by atoms with Crippen LogP contribution in [0.15, 0.2) is 52.0 Å². The number of nitrogens with two attached hydrogens (primary N) is 1. The Morgan fingerprint density at radius 3 is 2.50 bits per heavy atom. The third-order valence-corrected chi connectivity index (χ3v) is 5.57. The van der Waals surface area contributed by atoms with Crippen LogP contribution in [0.5, 0.6) is 0 Å². The van der Waals surface area contributed by atoms with Crippen LogP contribution in [0, 0.1) is 5.92 Å². The highest BCUT2D eigenvalue weighted by Gasteiger charge is 2.47. The van der Waals surface area contributed by atoms with Crippen LogP contribution in [0.1, 0.15) is 36.6 Å². The van der Waals surface area contributed by atoms with Gasteiger partial charge in [0.2, 0.25) is 15.9 Å². The van der Waals surface area contributed by atoms with Gasteiger partial charge in [-0.25, -0.2) is 13.6 Å². The van der Waals surface area contributed by atoms with E-state index < -0.39 is 10.0 Å². The van der Waals surface area contributed by atoms with E-state index in [1.165, 1.54) is 12.1 Å². The summed E-state index contributed by atoms with van der Waals surface area (Å²) in [7, 11) is -1.95. The highest BCUT2D eigenvalue weighted by molar-refractivity contribution is 7.89. The first-order valence-corrected chi connectivity index (χ1v) is 9.26. The van der Waals surface area contributed by atoms with Gasteiger partial charge in [-0.15, -0.1) is 0 Å². The maximum absolute atomic E-state index is 12.6. The number of nitrogens with zero attached hydrogens (tertiary/aromatic N) is 1. The van der Waals surface area contributed by atoms with Crippen LogP contribution < -0.4 is 5.14 Å². The molecule has 2 N–H and O–H groups in total. The summed E-state index contributed by atoms with van der Waals surface area (Å²) < 4.78 is 28.0. The van der Waals surface area contributed by atoms with E-state index in [1.54, 1.807) is 30.3 Å². The molecular weight excluding hydrogens is 328 g/mol. The lowest BCUT2D eigenvalue weighted by atomic mass is 10.1. The van der Waals surface area contributed by atoms with Crippen LogP contribution in [0.4, 0.5) is 0 Å². The summed E-state index contributed by atoms with van der Waals surface area (Å²) in [5.74, 6) is 1.03. The number of rotatable bonds is 5. The van der Waals surface area contributed by atoms with Gasteiger partial charge in [-0.2, -0.15) is 0 Å². The van der Waals surface area contributed by atoms with E-state index in [9.17, 15) is 13.2 Å². The average molecular weight is 348 g/mol. The lowest BCUT2D eigenvalue weighted by molar-refractivity contribution is -0.133.